The number of aromatic nitrogens is 1. The van der Waals surface area contributed by atoms with Crippen LogP contribution in [0.25, 0.3) is 0 Å². The summed E-state index contributed by atoms with van der Waals surface area (Å²) >= 11 is 1.70. The van der Waals surface area contributed by atoms with E-state index in [-0.39, 0.29) is 17.9 Å². The van der Waals surface area contributed by atoms with Gasteiger partial charge in [-0.05, 0) is 45.3 Å². The molecule has 0 saturated carbocycles. The maximum absolute atomic E-state index is 12.8. The SMILES string of the molecule is C[n+]1oc(NC(=O)C(C)(C)SC2CCOCC2)cc1C(C)(C)COCCO. The smallest absolute Gasteiger partial charge is 0.282 e. The molecule has 1 aromatic rings. The number of amides is 1. The Morgan fingerprint density at radius 2 is 2.04 bits per heavy atom. The molecule has 2 heterocycles. The Labute approximate surface area is 165 Å². The fourth-order valence-corrected chi connectivity index (χ4v) is 4.53. The minimum absolute atomic E-state index is 0.00519. The van der Waals surface area contributed by atoms with Gasteiger partial charge in [-0.2, -0.15) is 0 Å². The van der Waals surface area contributed by atoms with Gasteiger partial charge in [0.1, 0.15) is 0 Å². The third-order valence-corrected chi connectivity index (χ3v) is 6.23. The lowest BCUT2D eigenvalue weighted by Gasteiger charge is -2.30. The largest absolute Gasteiger partial charge is 0.394 e. The first kappa shape index (κ1) is 22.2. The van der Waals surface area contributed by atoms with Crippen LogP contribution in [0, 0.1) is 0 Å². The van der Waals surface area contributed by atoms with Crippen LogP contribution < -0.4 is 10.1 Å². The molecule has 1 amide bonds. The van der Waals surface area contributed by atoms with Crippen LogP contribution in [-0.4, -0.2) is 54.0 Å². The van der Waals surface area contributed by atoms with Crippen LogP contribution in [0.5, 0.6) is 0 Å². The van der Waals surface area contributed by atoms with E-state index in [1.54, 1.807) is 23.5 Å². The van der Waals surface area contributed by atoms with Crippen LogP contribution in [0.4, 0.5) is 5.88 Å². The number of aliphatic hydroxyl groups excluding tert-OH is 1. The molecule has 1 saturated heterocycles. The number of rotatable bonds is 9. The van der Waals surface area contributed by atoms with Crippen molar-refractivity contribution in [3.05, 3.63) is 11.8 Å². The van der Waals surface area contributed by atoms with Crippen molar-refractivity contribution in [2.75, 3.05) is 38.4 Å². The molecule has 0 aromatic carbocycles. The highest BCUT2D eigenvalue weighted by Crippen LogP contribution is 2.35. The van der Waals surface area contributed by atoms with Gasteiger partial charge in [0.2, 0.25) is 11.6 Å². The number of hydrogen-bond acceptors (Lipinski definition) is 6. The number of ether oxygens (including phenoxy) is 2. The van der Waals surface area contributed by atoms with E-state index in [0.29, 0.717) is 24.3 Å². The molecule has 1 aliphatic heterocycles. The number of carbonyl (C=O) groups is 1. The summed E-state index contributed by atoms with van der Waals surface area (Å²) in [5.41, 5.74) is 0.591. The summed E-state index contributed by atoms with van der Waals surface area (Å²) in [6.45, 7) is 10.2. The van der Waals surface area contributed by atoms with Crippen LogP contribution in [0.3, 0.4) is 0 Å². The predicted octanol–water partition coefficient (Wildman–Crippen LogP) is 2.02. The Hall–Kier alpha value is -1.09. The topological polar surface area (TPSA) is 84.8 Å². The fraction of sp³-hybridized carbons (Fsp3) is 0.789. The average Bonchev–Trinajstić information content (AvgIpc) is 2.96. The molecule has 0 spiro atoms. The molecule has 0 aliphatic carbocycles. The van der Waals surface area contributed by atoms with Crippen molar-refractivity contribution in [2.24, 2.45) is 7.05 Å². The average molecular weight is 402 g/mol. The van der Waals surface area contributed by atoms with Crippen LogP contribution in [-0.2, 0) is 26.7 Å². The van der Waals surface area contributed by atoms with Gasteiger partial charge in [-0.3, -0.25) is 10.1 Å². The van der Waals surface area contributed by atoms with Gasteiger partial charge in [-0.25, -0.2) is 4.52 Å². The van der Waals surface area contributed by atoms with Crippen LogP contribution >= 0.6 is 11.8 Å². The van der Waals surface area contributed by atoms with Gasteiger partial charge in [0.05, 0.1) is 36.0 Å². The third-order valence-electron chi connectivity index (χ3n) is 4.65. The molecule has 0 atom stereocenters. The third kappa shape index (κ3) is 6.20. The zero-order valence-corrected chi connectivity index (χ0v) is 17.9. The van der Waals surface area contributed by atoms with E-state index in [9.17, 15) is 4.79 Å². The zero-order valence-electron chi connectivity index (χ0n) is 17.0. The summed E-state index contributed by atoms with van der Waals surface area (Å²) in [7, 11) is 1.81. The number of aliphatic hydroxyl groups is 1. The monoisotopic (exact) mass is 401 g/mol. The molecule has 1 fully saturated rings. The van der Waals surface area contributed by atoms with Gasteiger partial charge >= 0.3 is 0 Å². The van der Waals surface area contributed by atoms with E-state index in [1.165, 1.54) is 0 Å². The predicted molar refractivity (Wildman–Crippen MR) is 105 cm³/mol. The number of thioether (sulfide) groups is 1. The first-order chi connectivity index (χ1) is 12.7. The zero-order chi connectivity index (χ0) is 20.1. The van der Waals surface area contributed by atoms with Gasteiger partial charge in [0.25, 0.3) is 5.88 Å². The van der Waals surface area contributed by atoms with Crippen LogP contribution in [0.1, 0.15) is 46.2 Å². The Balaban J connectivity index is 2.01. The fourth-order valence-electron chi connectivity index (χ4n) is 3.11. The van der Waals surface area contributed by atoms with Gasteiger partial charge < -0.3 is 14.6 Å². The molecule has 154 valence electrons. The van der Waals surface area contributed by atoms with Crippen molar-refractivity contribution in [3.8, 4) is 0 Å². The quantitative estimate of drug-likeness (QED) is 0.486. The summed E-state index contributed by atoms with van der Waals surface area (Å²) in [6, 6.07) is 1.84. The highest BCUT2D eigenvalue weighted by atomic mass is 32.2. The number of nitrogens with one attached hydrogen (secondary N) is 1. The molecular formula is C19H33N2O5S+. The Morgan fingerprint density at radius 1 is 1.37 bits per heavy atom. The summed E-state index contributed by atoms with van der Waals surface area (Å²) in [5, 5.41) is 12.2. The van der Waals surface area contributed by atoms with Crippen molar-refractivity contribution >= 4 is 23.6 Å². The van der Waals surface area contributed by atoms with Crippen molar-refractivity contribution in [1.29, 1.82) is 0 Å². The Bertz CT molecular complexity index is 624. The van der Waals surface area contributed by atoms with E-state index < -0.39 is 4.75 Å². The van der Waals surface area contributed by atoms with Gasteiger partial charge in [-0.15, -0.1) is 11.8 Å². The summed E-state index contributed by atoms with van der Waals surface area (Å²) in [4.78, 5) is 12.8. The molecular weight excluding hydrogens is 368 g/mol. The minimum Gasteiger partial charge on any atom is -0.394 e. The Morgan fingerprint density at radius 3 is 2.67 bits per heavy atom. The molecule has 0 bridgehead atoms. The molecule has 2 rings (SSSR count). The lowest BCUT2D eigenvalue weighted by atomic mass is 9.90. The highest BCUT2D eigenvalue weighted by molar-refractivity contribution is 8.02. The molecule has 8 heteroatoms. The maximum Gasteiger partial charge on any atom is 0.282 e. The molecule has 0 radical (unpaired) electrons. The maximum atomic E-state index is 12.8. The molecule has 2 N–H and O–H groups in total. The standard InChI is InChI=1S/C19H32N2O5S/c1-18(2,13-25-11-8-22)15-12-16(26-21(15)5)20-17(23)19(3,4)27-14-6-9-24-10-7-14/h12,14,22H,6-11,13H2,1-5H3/p+1. The van der Waals surface area contributed by atoms with Crippen molar-refractivity contribution in [3.63, 3.8) is 0 Å². The molecule has 1 aliphatic rings. The number of anilines is 1. The normalized spacial score (nSPS) is 16.5. The molecule has 1 aromatic heterocycles. The number of hydrogen-bond donors (Lipinski definition) is 2. The molecule has 27 heavy (non-hydrogen) atoms. The first-order valence-electron chi connectivity index (χ1n) is 9.42. The van der Waals surface area contributed by atoms with Crippen molar-refractivity contribution in [2.45, 2.75) is 55.9 Å². The van der Waals surface area contributed by atoms with Crippen LogP contribution in [0.2, 0.25) is 0 Å². The highest BCUT2D eigenvalue weighted by Gasteiger charge is 2.37. The lowest BCUT2D eigenvalue weighted by molar-refractivity contribution is -0.850. The molecule has 7 nitrogen and oxygen atoms in total. The second-order valence-electron chi connectivity index (χ2n) is 8.04. The number of nitrogens with zero attached hydrogens (tertiary/aromatic N) is 1. The van der Waals surface area contributed by atoms with Crippen LogP contribution in [0.15, 0.2) is 10.6 Å². The van der Waals surface area contributed by atoms with Gasteiger partial charge in [0.15, 0.2) is 7.05 Å². The first-order valence-corrected chi connectivity index (χ1v) is 10.3. The van der Waals surface area contributed by atoms with E-state index in [2.05, 4.69) is 5.32 Å². The second-order valence-corrected chi connectivity index (χ2v) is 9.96. The van der Waals surface area contributed by atoms with Gasteiger partial charge in [0, 0.05) is 18.5 Å². The lowest BCUT2D eigenvalue weighted by Crippen LogP contribution is -2.40. The summed E-state index contributed by atoms with van der Waals surface area (Å²) in [6.07, 6.45) is 1.95. The van der Waals surface area contributed by atoms with Crippen molar-refractivity contribution < 1.29 is 28.6 Å². The van der Waals surface area contributed by atoms with Gasteiger partial charge in [-0.1, -0.05) is 0 Å². The summed E-state index contributed by atoms with van der Waals surface area (Å²) in [5.74, 6) is 0.350. The van der Waals surface area contributed by atoms with E-state index in [0.717, 1.165) is 31.7 Å². The Kier molecular flexibility index (Phi) is 7.73. The van der Waals surface area contributed by atoms with E-state index in [1.807, 2.05) is 33.8 Å². The van der Waals surface area contributed by atoms with E-state index >= 15 is 0 Å². The summed E-state index contributed by atoms with van der Waals surface area (Å²) < 4.78 is 17.7. The minimum atomic E-state index is -0.562. The molecule has 0 unspecified atom stereocenters. The van der Waals surface area contributed by atoms with E-state index in [4.69, 9.17) is 19.1 Å². The van der Waals surface area contributed by atoms with Crippen molar-refractivity contribution in [1.82, 2.24) is 0 Å². The number of carbonyl (C=O) groups excluding carboxylic acids is 1. The number of aryl methyl sites for hydroxylation is 1. The second kappa shape index (κ2) is 9.41.